The highest BCUT2D eigenvalue weighted by molar-refractivity contribution is 7.09. The van der Waals surface area contributed by atoms with E-state index in [4.69, 9.17) is 5.73 Å². The number of carbonyl (C=O) groups is 1. The molecule has 1 saturated carbocycles. The second-order valence-corrected chi connectivity index (χ2v) is 6.42. The minimum absolute atomic E-state index is 0. The first kappa shape index (κ1) is 20.6. The molecule has 21 heavy (non-hydrogen) atoms. The molecule has 4 nitrogen and oxygen atoms in total. The summed E-state index contributed by atoms with van der Waals surface area (Å²) in [4.78, 5) is 16.5. The largest absolute Gasteiger partial charge is 0.347 e. The summed E-state index contributed by atoms with van der Waals surface area (Å²) in [6.07, 6.45) is 5.09. The summed E-state index contributed by atoms with van der Waals surface area (Å²) in [7, 11) is 0. The molecule has 0 aliphatic heterocycles. The summed E-state index contributed by atoms with van der Waals surface area (Å²) in [5, 5.41) is 6.01. The van der Waals surface area contributed by atoms with Gasteiger partial charge in [0.05, 0.1) is 6.04 Å². The van der Waals surface area contributed by atoms with Gasteiger partial charge in [-0.15, -0.1) is 36.2 Å². The van der Waals surface area contributed by atoms with Crippen LogP contribution in [0.4, 0.5) is 0 Å². The lowest BCUT2D eigenvalue weighted by Gasteiger charge is -2.28. The SMILES string of the molecule is Cc1csc(C(C)NC(=O)CC2CCCCC2N)n1.Cl.Cl. The molecule has 1 aliphatic rings. The van der Waals surface area contributed by atoms with Gasteiger partial charge in [-0.05, 0) is 32.6 Å². The first-order valence-electron chi connectivity index (χ1n) is 7.03. The number of aromatic nitrogens is 1. The smallest absolute Gasteiger partial charge is 0.220 e. The Morgan fingerprint density at radius 3 is 2.71 bits per heavy atom. The maximum atomic E-state index is 12.1. The number of nitrogens with zero attached hydrogens (tertiary/aromatic N) is 1. The maximum Gasteiger partial charge on any atom is 0.220 e. The molecule has 0 spiro atoms. The average Bonchev–Trinajstić information content (AvgIpc) is 2.79. The minimum atomic E-state index is -0.00832. The van der Waals surface area contributed by atoms with Gasteiger partial charge >= 0.3 is 0 Å². The van der Waals surface area contributed by atoms with Crippen LogP contribution in [0.15, 0.2) is 5.38 Å². The van der Waals surface area contributed by atoms with Crippen molar-refractivity contribution in [2.75, 3.05) is 0 Å². The van der Waals surface area contributed by atoms with Gasteiger partial charge in [-0.3, -0.25) is 4.79 Å². The van der Waals surface area contributed by atoms with E-state index >= 15 is 0 Å². The van der Waals surface area contributed by atoms with Crippen LogP contribution in [-0.2, 0) is 4.79 Å². The average molecular weight is 354 g/mol. The van der Waals surface area contributed by atoms with Gasteiger partial charge in [0.2, 0.25) is 5.91 Å². The molecule has 1 fully saturated rings. The molecule has 3 unspecified atom stereocenters. The van der Waals surface area contributed by atoms with Crippen molar-refractivity contribution in [2.45, 2.75) is 58.0 Å². The quantitative estimate of drug-likeness (QED) is 0.871. The Morgan fingerprint density at radius 2 is 2.14 bits per heavy atom. The van der Waals surface area contributed by atoms with Gasteiger partial charge in [0, 0.05) is 23.5 Å². The second kappa shape index (κ2) is 9.62. The molecule has 2 rings (SSSR count). The lowest BCUT2D eigenvalue weighted by atomic mass is 9.83. The molecule has 3 N–H and O–H groups in total. The van der Waals surface area contributed by atoms with Crippen LogP contribution in [-0.4, -0.2) is 16.9 Å². The number of rotatable bonds is 4. The van der Waals surface area contributed by atoms with E-state index in [0.29, 0.717) is 12.3 Å². The summed E-state index contributed by atoms with van der Waals surface area (Å²) in [5.41, 5.74) is 7.09. The van der Waals surface area contributed by atoms with E-state index in [9.17, 15) is 4.79 Å². The molecule has 7 heteroatoms. The monoisotopic (exact) mass is 353 g/mol. The molecule has 0 saturated heterocycles. The van der Waals surface area contributed by atoms with Crippen molar-refractivity contribution in [3.05, 3.63) is 16.1 Å². The van der Waals surface area contributed by atoms with Crippen LogP contribution in [0.3, 0.4) is 0 Å². The Bertz CT molecular complexity index is 442. The standard InChI is InChI=1S/C14H23N3OS.2ClH/c1-9-8-19-14(16-9)10(2)17-13(18)7-11-5-3-4-6-12(11)15;;/h8,10-12H,3-7,15H2,1-2H3,(H,17,18);2*1H. The second-order valence-electron chi connectivity index (χ2n) is 5.53. The van der Waals surface area contributed by atoms with Crippen LogP contribution < -0.4 is 11.1 Å². The Labute approximate surface area is 143 Å². The Morgan fingerprint density at radius 1 is 1.48 bits per heavy atom. The molecule has 122 valence electrons. The minimum Gasteiger partial charge on any atom is -0.347 e. The van der Waals surface area contributed by atoms with Crippen molar-refractivity contribution in [3.63, 3.8) is 0 Å². The highest BCUT2D eigenvalue weighted by atomic mass is 35.5. The van der Waals surface area contributed by atoms with E-state index in [1.54, 1.807) is 11.3 Å². The highest BCUT2D eigenvalue weighted by Gasteiger charge is 2.25. The molecular formula is C14H25Cl2N3OS. The first-order chi connectivity index (χ1) is 9.06. The van der Waals surface area contributed by atoms with Crippen LogP contribution in [0.1, 0.15) is 55.8 Å². The highest BCUT2D eigenvalue weighted by Crippen LogP contribution is 2.26. The number of hydrogen-bond acceptors (Lipinski definition) is 4. The van der Waals surface area contributed by atoms with Crippen molar-refractivity contribution in [1.29, 1.82) is 0 Å². The molecule has 1 amide bonds. The number of amides is 1. The summed E-state index contributed by atoms with van der Waals surface area (Å²) >= 11 is 1.60. The van der Waals surface area contributed by atoms with Crippen LogP contribution in [0.5, 0.6) is 0 Å². The molecule has 1 aromatic rings. The van der Waals surface area contributed by atoms with Gasteiger partial charge in [-0.1, -0.05) is 12.8 Å². The predicted molar refractivity (Wildman–Crippen MR) is 92.5 cm³/mol. The van der Waals surface area contributed by atoms with Gasteiger partial charge in [0.1, 0.15) is 5.01 Å². The number of nitrogens with two attached hydrogens (primary N) is 1. The van der Waals surface area contributed by atoms with E-state index < -0.39 is 0 Å². The van der Waals surface area contributed by atoms with E-state index in [1.807, 2.05) is 19.2 Å². The lowest BCUT2D eigenvalue weighted by molar-refractivity contribution is -0.123. The summed E-state index contributed by atoms with van der Waals surface area (Å²) < 4.78 is 0. The van der Waals surface area contributed by atoms with Gasteiger partial charge in [0.15, 0.2) is 0 Å². The topological polar surface area (TPSA) is 68.0 Å². The van der Waals surface area contributed by atoms with Gasteiger partial charge in [-0.2, -0.15) is 0 Å². The van der Waals surface area contributed by atoms with E-state index in [2.05, 4.69) is 10.3 Å². The number of nitrogens with one attached hydrogen (secondary N) is 1. The van der Waals surface area contributed by atoms with Crippen LogP contribution >= 0.6 is 36.2 Å². The number of hydrogen-bond donors (Lipinski definition) is 2. The van der Waals surface area contributed by atoms with E-state index in [0.717, 1.165) is 23.5 Å². The molecule has 0 radical (unpaired) electrons. The fourth-order valence-electron chi connectivity index (χ4n) is 2.66. The summed E-state index contributed by atoms with van der Waals surface area (Å²) in [5.74, 6) is 0.446. The van der Waals surface area contributed by atoms with Gasteiger partial charge in [0.25, 0.3) is 0 Å². The number of halogens is 2. The van der Waals surface area contributed by atoms with E-state index in [1.165, 1.54) is 12.8 Å². The zero-order chi connectivity index (χ0) is 13.8. The van der Waals surface area contributed by atoms with Crippen LogP contribution in [0.25, 0.3) is 0 Å². The summed E-state index contributed by atoms with van der Waals surface area (Å²) in [6, 6.07) is 0.183. The third kappa shape index (κ3) is 6.10. The fraction of sp³-hybridized carbons (Fsp3) is 0.714. The number of aryl methyl sites for hydroxylation is 1. The number of carbonyl (C=O) groups excluding carboxylic acids is 1. The van der Waals surface area contributed by atoms with Crippen LogP contribution in [0, 0.1) is 12.8 Å². The predicted octanol–water partition coefficient (Wildman–Crippen LogP) is 3.38. The zero-order valence-corrected chi connectivity index (χ0v) is 15.0. The zero-order valence-electron chi connectivity index (χ0n) is 12.5. The molecule has 1 aromatic heterocycles. The number of thiazole rings is 1. The Balaban J connectivity index is 0.00000200. The third-order valence-corrected chi connectivity index (χ3v) is 4.95. The van der Waals surface area contributed by atoms with E-state index in [-0.39, 0.29) is 42.8 Å². The summed E-state index contributed by atoms with van der Waals surface area (Å²) in [6.45, 7) is 3.95. The molecule has 0 bridgehead atoms. The molecule has 3 atom stereocenters. The van der Waals surface area contributed by atoms with Gasteiger partial charge in [-0.25, -0.2) is 4.98 Å². The van der Waals surface area contributed by atoms with Crippen molar-refractivity contribution >= 4 is 42.1 Å². The fourth-order valence-corrected chi connectivity index (χ4v) is 3.46. The Kier molecular flexibility index (Phi) is 9.45. The van der Waals surface area contributed by atoms with Gasteiger partial charge < -0.3 is 11.1 Å². The molecular weight excluding hydrogens is 329 g/mol. The normalized spacial score (nSPS) is 22.6. The molecule has 1 aliphatic carbocycles. The third-order valence-electron chi connectivity index (χ3n) is 3.80. The van der Waals surface area contributed by atoms with Crippen molar-refractivity contribution in [2.24, 2.45) is 11.7 Å². The lowest BCUT2D eigenvalue weighted by Crippen LogP contribution is -2.37. The van der Waals surface area contributed by atoms with Crippen molar-refractivity contribution < 1.29 is 4.79 Å². The Hall–Kier alpha value is -0.360. The molecule has 1 heterocycles. The maximum absolute atomic E-state index is 12.1. The molecule has 0 aromatic carbocycles. The van der Waals surface area contributed by atoms with Crippen molar-refractivity contribution in [3.8, 4) is 0 Å². The van der Waals surface area contributed by atoms with Crippen LogP contribution in [0.2, 0.25) is 0 Å². The van der Waals surface area contributed by atoms with Crippen molar-refractivity contribution in [1.82, 2.24) is 10.3 Å². The first-order valence-corrected chi connectivity index (χ1v) is 7.91.